The number of amides is 1. The van der Waals surface area contributed by atoms with Crippen LogP contribution in [0.5, 0.6) is 11.5 Å². The highest BCUT2D eigenvalue weighted by Gasteiger charge is 2.13. The molecule has 148 valence electrons. The SMILES string of the molecule is COc1ccc(OC)c(NC(=O)/C(C#N)=C\NCCc2c[nH]c3ccccc23)c1. The van der Waals surface area contributed by atoms with Gasteiger partial charge >= 0.3 is 0 Å². The van der Waals surface area contributed by atoms with Crippen molar-refractivity contribution in [1.29, 1.82) is 5.26 Å². The Balaban J connectivity index is 1.62. The Hall–Kier alpha value is -3.92. The van der Waals surface area contributed by atoms with Crippen molar-refractivity contribution in [2.45, 2.75) is 6.42 Å². The lowest BCUT2D eigenvalue weighted by Gasteiger charge is -2.11. The summed E-state index contributed by atoms with van der Waals surface area (Å²) in [5.41, 5.74) is 2.65. The maximum Gasteiger partial charge on any atom is 0.267 e. The highest BCUT2D eigenvalue weighted by molar-refractivity contribution is 6.07. The highest BCUT2D eigenvalue weighted by atomic mass is 16.5. The van der Waals surface area contributed by atoms with Gasteiger partial charge in [0.1, 0.15) is 23.1 Å². The average molecular weight is 390 g/mol. The number of hydrogen-bond acceptors (Lipinski definition) is 5. The van der Waals surface area contributed by atoms with Crippen molar-refractivity contribution < 1.29 is 14.3 Å². The van der Waals surface area contributed by atoms with Gasteiger partial charge in [-0.3, -0.25) is 4.79 Å². The molecule has 1 amide bonds. The third kappa shape index (κ3) is 4.68. The number of carbonyl (C=O) groups is 1. The lowest BCUT2D eigenvalue weighted by molar-refractivity contribution is -0.112. The molecule has 0 aliphatic rings. The summed E-state index contributed by atoms with van der Waals surface area (Å²) in [6, 6.07) is 15.0. The Morgan fingerprint density at radius 3 is 2.79 bits per heavy atom. The predicted octanol–water partition coefficient (Wildman–Crippen LogP) is 3.36. The zero-order valence-electron chi connectivity index (χ0n) is 16.3. The number of benzene rings is 2. The van der Waals surface area contributed by atoms with Crippen LogP contribution in [0, 0.1) is 11.3 Å². The first-order valence-electron chi connectivity index (χ1n) is 9.08. The molecule has 29 heavy (non-hydrogen) atoms. The van der Waals surface area contributed by atoms with Crippen LogP contribution in [0.2, 0.25) is 0 Å². The number of nitriles is 1. The van der Waals surface area contributed by atoms with Gasteiger partial charge in [-0.2, -0.15) is 5.26 Å². The van der Waals surface area contributed by atoms with E-state index in [1.165, 1.54) is 31.4 Å². The number of para-hydroxylation sites is 1. The molecule has 0 fully saturated rings. The largest absolute Gasteiger partial charge is 0.497 e. The molecule has 0 spiro atoms. The monoisotopic (exact) mass is 390 g/mol. The van der Waals surface area contributed by atoms with Crippen molar-refractivity contribution in [3.8, 4) is 17.6 Å². The van der Waals surface area contributed by atoms with E-state index in [1.807, 2.05) is 30.5 Å². The molecule has 3 aromatic rings. The van der Waals surface area contributed by atoms with E-state index in [4.69, 9.17) is 9.47 Å². The van der Waals surface area contributed by atoms with E-state index in [-0.39, 0.29) is 5.57 Å². The molecule has 2 aromatic carbocycles. The zero-order valence-corrected chi connectivity index (χ0v) is 16.3. The Morgan fingerprint density at radius 1 is 1.21 bits per heavy atom. The van der Waals surface area contributed by atoms with Crippen LogP contribution in [0.25, 0.3) is 10.9 Å². The molecule has 3 rings (SSSR count). The topological polar surface area (TPSA) is 99.2 Å². The van der Waals surface area contributed by atoms with Gasteiger partial charge in [-0.05, 0) is 30.2 Å². The summed E-state index contributed by atoms with van der Waals surface area (Å²) in [6.07, 6.45) is 4.16. The molecule has 0 aliphatic heterocycles. The van der Waals surface area contributed by atoms with Crippen LogP contribution in [-0.4, -0.2) is 31.7 Å². The second-order valence-electron chi connectivity index (χ2n) is 6.25. The van der Waals surface area contributed by atoms with Crippen molar-refractivity contribution in [3.63, 3.8) is 0 Å². The van der Waals surface area contributed by atoms with E-state index in [9.17, 15) is 10.1 Å². The maximum atomic E-state index is 12.5. The number of nitrogens with one attached hydrogen (secondary N) is 3. The normalized spacial score (nSPS) is 11.0. The first kappa shape index (κ1) is 19.8. The van der Waals surface area contributed by atoms with E-state index in [0.717, 1.165) is 11.9 Å². The van der Waals surface area contributed by atoms with E-state index < -0.39 is 5.91 Å². The summed E-state index contributed by atoms with van der Waals surface area (Å²) in [5, 5.41) is 16.2. The third-order valence-corrected chi connectivity index (χ3v) is 4.48. The molecule has 1 aromatic heterocycles. The lowest BCUT2D eigenvalue weighted by Crippen LogP contribution is -2.18. The van der Waals surface area contributed by atoms with Crippen LogP contribution < -0.4 is 20.1 Å². The molecular weight excluding hydrogens is 368 g/mol. The van der Waals surface area contributed by atoms with Crippen molar-refractivity contribution in [1.82, 2.24) is 10.3 Å². The summed E-state index contributed by atoms with van der Waals surface area (Å²) < 4.78 is 10.4. The minimum atomic E-state index is -0.529. The number of aromatic amines is 1. The number of anilines is 1. The first-order valence-corrected chi connectivity index (χ1v) is 9.08. The van der Waals surface area contributed by atoms with Crippen molar-refractivity contribution in [2.24, 2.45) is 0 Å². The Labute approximate surface area is 168 Å². The van der Waals surface area contributed by atoms with Gasteiger partial charge in [0, 0.05) is 35.9 Å². The smallest absolute Gasteiger partial charge is 0.267 e. The molecule has 0 radical (unpaired) electrons. The second-order valence-corrected chi connectivity index (χ2v) is 6.25. The summed E-state index contributed by atoms with van der Waals surface area (Å²) in [6.45, 7) is 0.586. The van der Waals surface area contributed by atoms with Gasteiger partial charge in [0.15, 0.2) is 0 Å². The molecule has 0 atom stereocenters. The number of fused-ring (bicyclic) bond motifs is 1. The fraction of sp³-hybridized carbons (Fsp3) is 0.182. The van der Waals surface area contributed by atoms with Gasteiger partial charge in [-0.1, -0.05) is 18.2 Å². The summed E-state index contributed by atoms with van der Waals surface area (Å²) in [4.78, 5) is 15.7. The quantitative estimate of drug-likeness (QED) is 0.311. The van der Waals surface area contributed by atoms with Gasteiger partial charge in [0.25, 0.3) is 5.91 Å². The van der Waals surface area contributed by atoms with Crippen LogP contribution in [0.1, 0.15) is 5.56 Å². The van der Waals surface area contributed by atoms with Gasteiger partial charge in [-0.15, -0.1) is 0 Å². The third-order valence-electron chi connectivity index (χ3n) is 4.48. The van der Waals surface area contributed by atoms with E-state index in [1.54, 1.807) is 18.2 Å². The van der Waals surface area contributed by atoms with E-state index in [2.05, 4.69) is 21.7 Å². The number of carbonyl (C=O) groups excluding carboxylic acids is 1. The fourth-order valence-corrected chi connectivity index (χ4v) is 2.97. The number of methoxy groups -OCH3 is 2. The average Bonchev–Trinajstić information content (AvgIpc) is 3.16. The van der Waals surface area contributed by atoms with Crippen LogP contribution in [0.4, 0.5) is 5.69 Å². The molecule has 7 heteroatoms. The predicted molar refractivity (Wildman–Crippen MR) is 112 cm³/mol. The molecule has 0 bridgehead atoms. The molecule has 3 N–H and O–H groups in total. The van der Waals surface area contributed by atoms with E-state index >= 15 is 0 Å². The van der Waals surface area contributed by atoms with Crippen molar-refractivity contribution in [3.05, 3.63) is 66.0 Å². The fourth-order valence-electron chi connectivity index (χ4n) is 2.97. The summed E-state index contributed by atoms with van der Waals surface area (Å²) in [7, 11) is 3.04. The molecule has 7 nitrogen and oxygen atoms in total. The number of nitrogens with zero attached hydrogens (tertiary/aromatic N) is 1. The minimum absolute atomic E-state index is 0.0335. The molecule has 0 saturated heterocycles. The molecule has 0 aliphatic carbocycles. The number of ether oxygens (including phenoxy) is 2. The Morgan fingerprint density at radius 2 is 2.03 bits per heavy atom. The van der Waals surface area contributed by atoms with Crippen LogP contribution in [0.15, 0.2) is 60.4 Å². The summed E-state index contributed by atoms with van der Waals surface area (Å²) >= 11 is 0. The first-order chi connectivity index (χ1) is 14.2. The van der Waals surface area contributed by atoms with Crippen LogP contribution in [0.3, 0.4) is 0 Å². The number of hydrogen-bond donors (Lipinski definition) is 3. The van der Waals surface area contributed by atoms with Gasteiger partial charge in [0.05, 0.1) is 19.9 Å². The maximum absolute atomic E-state index is 12.5. The molecule has 0 saturated carbocycles. The molecule has 0 unspecified atom stereocenters. The highest BCUT2D eigenvalue weighted by Crippen LogP contribution is 2.29. The molecule has 1 heterocycles. The van der Waals surface area contributed by atoms with Gasteiger partial charge in [0.2, 0.25) is 0 Å². The minimum Gasteiger partial charge on any atom is -0.497 e. The number of H-pyrrole nitrogens is 1. The molecular formula is C22H22N4O3. The number of aromatic nitrogens is 1. The zero-order chi connectivity index (χ0) is 20.6. The van der Waals surface area contributed by atoms with Crippen LogP contribution >= 0.6 is 0 Å². The van der Waals surface area contributed by atoms with Gasteiger partial charge < -0.3 is 25.1 Å². The van der Waals surface area contributed by atoms with Crippen molar-refractivity contribution >= 4 is 22.5 Å². The second kappa shape index (κ2) is 9.33. The lowest BCUT2D eigenvalue weighted by atomic mass is 10.1. The summed E-state index contributed by atoms with van der Waals surface area (Å²) in [5.74, 6) is 0.517. The van der Waals surface area contributed by atoms with Crippen molar-refractivity contribution in [2.75, 3.05) is 26.1 Å². The Kier molecular flexibility index (Phi) is 6.38. The standard InChI is InChI=1S/C22H22N4O3/c1-28-17-7-8-21(29-2)20(11-17)26-22(27)16(12-23)13-24-10-9-15-14-25-19-6-4-3-5-18(15)19/h3-8,11,13-14,24-25H,9-10H2,1-2H3,(H,26,27)/b16-13-. The van der Waals surface area contributed by atoms with Gasteiger partial charge in [-0.25, -0.2) is 0 Å². The number of rotatable bonds is 8. The van der Waals surface area contributed by atoms with Crippen LogP contribution in [-0.2, 0) is 11.2 Å². The van der Waals surface area contributed by atoms with E-state index in [0.29, 0.717) is 23.7 Å². The Bertz CT molecular complexity index is 1080.